The first kappa shape index (κ1) is 41.3. The quantitative estimate of drug-likeness (QED) is 0.162. The van der Waals surface area contributed by atoms with Gasteiger partial charge in [0.1, 0.15) is 11.2 Å². The van der Waals surface area contributed by atoms with Crippen LogP contribution < -0.4 is 9.80 Å². The van der Waals surface area contributed by atoms with Gasteiger partial charge in [-0.2, -0.15) is 5.26 Å². The summed E-state index contributed by atoms with van der Waals surface area (Å²) < 4.78 is 14.1. The van der Waals surface area contributed by atoms with Crippen LogP contribution in [0.3, 0.4) is 0 Å². The highest BCUT2D eigenvalue weighted by atomic mass is 16.3. The molecular weight excluding hydrogens is 903 g/mol. The van der Waals surface area contributed by atoms with Crippen molar-refractivity contribution in [3.63, 3.8) is 0 Å². The van der Waals surface area contributed by atoms with Gasteiger partial charge in [0.2, 0.25) is 0 Å². The summed E-state index contributed by atoms with van der Waals surface area (Å²) in [5, 5.41) is 26.1. The number of hydrogen-bond acceptors (Lipinski definition) is 5. The number of nitrogens with zero attached hydrogens (tertiary/aromatic N) is 3. The molecule has 5 nitrogen and oxygen atoms in total. The van der Waals surface area contributed by atoms with E-state index >= 15 is 0 Å². The molecule has 0 aliphatic carbocycles. The van der Waals surface area contributed by atoms with E-state index in [9.17, 15) is 5.26 Å². The molecule has 0 unspecified atom stereocenters. The van der Waals surface area contributed by atoms with Gasteiger partial charge in [0.05, 0.1) is 34.4 Å². The largest absolute Gasteiger partial charge is 0.454 e. The van der Waals surface area contributed by atoms with E-state index in [2.05, 4.69) is 238 Å². The number of fused-ring (bicyclic) bond motifs is 20. The molecule has 2 aliphatic rings. The van der Waals surface area contributed by atoms with Crippen LogP contribution in [0, 0.1) is 11.3 Å². The average Bonchev–Trinajstić information content (AvgIpc) is 4.03. The third-order valence-electron chi connectivity index (χ3n) is 16.9. The molecule has 348 valence electrons. The summed E-state index contributed by atoms with van der Waals surface area (Å²) in [5.74, 6) is 0. The van der Waals surface area contributed by atoms with Gasteiger partial charge in [-0.3, -0.25) is 0 Å². The van der Waals surface area contributed by atoms with Crippen molar-refractivity contribution in [1.82, 2.24) is 0 Å². The predicted molar refractivity (Wildman–Crippen MR) is 307 cm³/mol. The van der Waals surface area contributed by atoms with E-state index < -0.39 is 0 Å². The average molecular weight is 948 g/mol. The third-order valence-corrected chi connectivity index (χ3v) is 16.9. The molecule has 12 aromatic carbocycles. The maximum atomic E-state index is 10.5. The lowest BCUT2D eigenvalue weighted by Gasteiger charge is -2.42. The van der Waals surface area contributed by atoms with Crippen LogP contribution in [0.1, 0.15) is 55.5 Å². The standard InChI is InChI=1S/C69H45N3O2/c1-68(2)56-17-9-11-19-60(56)71(64-58(68)29-27-49-54-32-40-13-5-7-15-42(40)34-62(54)73-66(49)64)44-22-25-46-47-26-23-45(37-53(47)51-31-39(38-70)21-24-48(51)52(46)36-44)72-61-20-12-10-18-57(61)69(3,4)59-30-28-50-55-33-41-14-6-8-16-43(41)35-63(55)74-67(50)65(59)72/h5-37H,1-4H3. The van der Waals surface area contributed by atoms with Gasteiger partial charge < -0.3 is 18.6 Å². The van der Waals surface area contributed by atoms with Crippen molar-refractivity contribution < 1.29 is 8.83 Å². The summed E-state index contributed by atoms with van der Waals surface area (Å²) in [4.78, 5) is 4.85. The number of hydrogen-bond donors (Lipinski definition) is 0. The molecule has 0 spiro atoms. The highest BCUT2D eigenvalue weighted by Gasteiger charge is 2.41. The number of rotatable bonds is 2. The first-order valence-corrected chi connectivity index (χ1v) is 25.5. The van der Waals surface area contributed by atoms with Crippen molar-refractivity contribution in [2.75, 3.05) is 9.80 Å². The van der Waals surface area contributed by atoms with Crippen molar-refractivity contribution in [2.45, 2.75) is 38.5 Å². The van der Waals surface area contributed by atoms with Crippen LogP contribution in [0.5, 0.6) is 0 Å². The highest BCUT2D eigenvalue weighted by Crippen LogP contribution is 2.58. The van der Waals surface area contributed by atoms with Crippen molar-refractivity contribution in [2.24, 2.45) is 0 Å². The fourth-order valence-corrected chi connectivity index (χ4v) is 13.3. The van der Waals surface area contributed by atoms with E-state index in [1.54, 1.807) is 0 Å². The second-order valence-electron chi connectivity index (χ2n) is 21.6. The Bertz CT molecular complexity index is 4890. The van der Waals surface area contributed by atoms with Gasteiger partial charge in [0.15, 0.2) is 11.2 Å². The van der Waals surface area contributed by atoms with Gasteiger partial charge in [-0.25, -0.2) is 0 Å². The van der Waals surface area contributed by atoms with Crippen molar-refractivity contribution >= 4 is 132 Å². The molecular formula is C69H45N3O2. The normalized spacial score (nSPS) is 14.6. The molecule has 5 heteroatoms. The molecule has 14 aromatic rings. The van der Waals surface area contributed by atoms with Gasteiger partial charge in [-0.05, 0) is 149 Å². The van der Waals surface area contributed by atoms with Crippen LogP contribution in [-0.2, 0) is 10.8 Å². The lowest BCUT2D eigenvalue weighted by atomic mass is 9.73. The van der Waals surface area contributed by atoms with Crippen molar-refractivity contribution in [1.29, 1.82) is 5.26 Å². The van der Waals surface area contributed by atoms with Crippen molar-refractivity contribution in [3.05, 3.63) is 228 Å². The van der Waals surface area contributed by atoms with Gasteiger partial charge in [-0.15, -0.1) is 0 Å². The van der Waals surface area contributed by atoms with Crippen LogP contribution in [0.4, 0.5) is 34.1 Å². The Morgan fingerprint density at radius 1 is 0.351 bits per heavy atom. The van der Waals surface area contributed by atoms with Crippen LogP contribution in [0.25, 0.3) is 97.7 Å². The summed E-state index contributed by atoms with van der Waals surface area (Å²) in [6.45, 7) is 9.31. The molecule has 2 aromatic heterocycles. The molecule has 0 radical (unpaired) electrons. The number of para-hydroxylation sites is 2. The zero-order valence-electron chi connectivity index (χ0n) is 41.2. The monoisotopic (exact) mass is 947 g/mol. The molecule has 4 heterocycles. The van der Waals surface area contributed by atoms with Crippen LogP contribution in [0.2, 0.25) is 0 Å². The molecule has 74 heavy (non-hydrogen) atoms. The van der Waals surface area contributed by atoms with Crippen molar-refractivity contribution in [3.8, 4) is 6.07 Å². The van der Waals surface area contributed by atoms with Gasteiger partial charge in [-0.1, -0.05) is 155 Å². The summed E-state index contributed by atoms with van der Waals surface area (Å²) >= 11 is 0. The molecule has 0 bridgehead atoms. The van der Waals surface area contributed by atoms with Gasteiger partial charge in [0, 0.05) is 43.7 Å². The van der Waals surface area contributed by atoms with E-state index in [4.69, 9.17) is 8.83 Å². The summed E-state index contributed by atoms with van der Waals surface area (Å²) in [7, 11) is 0. The predicted octanol–water partition coefficient (Wildman–Crippen LogP) is 19.3. The van der Waals surface area contributed by atoms with E-state index in [1.165, 1.54) is 33.0 Å². The molecule has 0 amide bonds. The fraction of sp³-hybridized carbons (Fsp3) is 0.0870. The minimum atomic E-state index is -0.310. The summed E-state index contributed by atoms with van der Waals surface area (Å²) in [6, 6.07) is 75.1. The van der Waals surface area contributed by atoms with Crippen LogP contribution >= 0.6 is 0 Å². The first-order chi connectivity index (χ1) is 36.1. The van der Waals surface area contributed by atoms with E-state index in [-0.39, 0.29) is 10.8 Å². The first-order valence-electron chi connectivity index (χ1n) is 25.5. The Morgan fingerprint density at radius 3 is 1.23 bits per heavy atom. The smallest absolute Gasteiger partial charge is 0.159 e. The molecule has 0 fully saturated rings. The number of nitriles is 1. The molecule has 0 atom stereocenters. The Kier molecular flexibility index (Phi) is 8.03. The zero-order chi connectivity index (χ0) is 49.4. The van der Waals surface area contributed by atoms with E-state index in [0.29, 0.717) is 5.56 Å². The maximum Gasteiger partial charge on any atom is 0.159 e. The summed E-state index contributed by atoms with van der Waals surface area (Å²) in [6.07, 6.45) is 0. The molecule has 0 saturated carbocycles. The SMILES string of the molecule is CC1(C)c2ccccc2N(c2ccc3c4ccc(N5c6ccccc6C(C)(C)c6ccc7c(oc8cc9ccccc9cc87)c65)cc4c4cc(C#N)ccc4c3c2)c2c1ccc1c2oc2cc3ccccc3cc21. The van der Waals surface area contributed by atoms with E-state index in [1.807, 2.05) is 6.07 Å². The Labute approximate surface area is 426 Å². The zero-order valence-corrected chi connectivity index (χ0v) is 41.2. The van der Waals surface area contributed by atoms with Gasteiger partial charge >= 0.3 is 0 Å². The van der Waals surface area contributed by atoms with Gasteiger partial charge in [0.25, 0.3) is 0 Å². The second-order valence-corrected chi connectivity index (χ2v) is 21.6. The number of furan rings is 2. The third kappa shape index (κ3) is 5.41. The number of benzene rings is 12. The highest BCUT2D eigenvalue weighted by molar-refractivity contribution is 6.27. The van der Waals surface area contributed by atoms with E-state index in [0.717, 1.165) is 121 Å². The second kappa shape index (κ2) is 14.4. The molecule has 16 rings (SSSR count). The lowest BCUT2D eigenvalue weighted by molar-refractivity contribution is 0.624. The topological polar surface area (TPSA) is 56.5 Å². The molecule has 0 saturated heterocycles. The number of anilines is 6. The van der Waals surface area contributed by atoms with Crippen LogP contribution in [0.15, 0.2) is 209 Å². The Morgan fingerprint density at radius 2 is 0.743 bits per heavy atom. The maximum absolute atomic E-state index is 10.5. The minimum absolute atomic E-state index is 0.304. The Hall–Kier alpha value is -9.37. The summed E-state index contributed by atoms with van der Waals surface area (Å²) in [5.41, 5.74) is 14.8. The lowest BCUT2D eigenvalue weighted by Crippen LogP contribution is -2.30. The molecule has 0 N–H and O–H groups in total. The fourth-order valence-electron chi connectivity index (χ4n) is 13.3. The minimum Gasteiger partial charge on any atom is -0.454 e. The molecule has 2 aliphatic heterocycles. The Balaban J connectivity index is 0.938. The van der Waals surface area contributed by atoms with Crippen LogP contribution in [-0.4, -0.2) is 0 Å².